The zero-order valence-electron chi connectivity index (χ0n) is 11.0. The van der Waals surface area contributed by atoms with Crippen molar-refractivity contribution >= 4 is 16.7 Å². The number of nitrogens with one attached hydrogen (secondary N) is 1. The number of methoxy groups -OCH3 is 1. The van der Waals surface area contributed by atoms with E-state index in [1.807, 2.05) is 12.1 Å². The van der Waals surface area contributed by atoms with E-state index in [9.17, 15) is 0 Å². The van der Waals surface area contributed by atoms with Crippen molar-refractivity contribution in [3.63, 3.8) is 0 Å². The van der Waals surface area contributed by atoms with Crippen molar-refractivity contribution in [3.8, 4) is 11.6 Å². The molecule has 3 heterocycles. The summed E-state index contributed by atoms with van der Waals surface area (Å²) in [5, 5.41) is 3.92. The van der Waals surface area contributed by atoms with Gasteiger partial charge in [-0.15, -0.1) is 0 Å². The monoisotopic (exact) mass is 294 g/mol. The van der Waals surface area contributed by atoms with Crippen molar-refractivity contribution in [2.45, 2.75) is 13.2 Å². The first-order chi connectivity index (χ1) is 9.85. The van der Waals surface area contributed by atoms with E-state index in [-0.39, 0.29) is 0 Å². The van der Waals surface area contributed by atoms with Gasteiger partial charge < -0.3 is 19.5 Å². The van der Waals surface area contributed by atoms with Gasteiger partial charge in [0, 0.05) is 18.6 Å². The van der Waals surface area contributed by atoms with Crippen LogP contribution < -0.4 is 14.8 Å². The molecule has 0 amide bonds. The Labute approximate surface area is 120 Å². The summed E-state index contributed by atoms with van der Waals surface area (Å²) in [6.07, 6.45) is 0. The third kappa shape index (κ3) is 2.97. The summed E-state index contributed by atoms with van der Waals surface area (Å²) in [5.74, 6) is 1.92. The van der Waals surface area contributed by atoms with Gasteiger partial charge in [-0.25, -0.2) is 9.97 Å². The number of anilines is 1. The molecule has 8 heteroatoms. The molecule has 2 aromatic heterocycles. The number of nitrogens with zero attached hydrogens (tertiary/aromatic N) is 3. The molecule has 0 saturated carbocycles. The lowest BCUT2D eigenvalue weighted by molar-refractivity contribution is 0.164. The summed E-state index contributed by atoms with van der Waals surface area (Å²) in [6.45, 7) is 2.08. The Morgan fingerprint density at radius 2 is 2.20 bits per heavy atom. The second-order valence-electron chi connectivity index (χ2n) is 4.11. The van der Waals surface area contributed by atoms with Crippen LogP contribution in [0.15, 0.2) is 12.1 Å². The fraction of sp³-hybridized carbons (Fsp3) is 0.417. The fourth-order valence-electron chi connectivity index (χ4n) is 1.75. The predicted octanol–water partition coefficient (Wildman–Crippen LogP) is 1.46. The second-order valence-corrected chi connectivity index (χ2v) is 4.86. The first-order valence-electron chi connectivity index (χ1n) is 6.16. The number of hydrogen-bond acceptors (Lipinski definition) is 8. The predicted molar refractivity (Wildman–Crippen MR) is 73.2 cm³/mol. The quantitative estimate of drug-likeness (QED) is 0.894. The first-order valence-corrected chi connectivity index (χ1v) is 6.93. The maximum absolute atomic E-state index is 5.45. The molecule has 3 rings (SSSR count). The summed E-state index contributed by atoms with van der Waals surface area (Å²) in [7, 11) is 1.62. The lowest BCUT2D eigenvalue weighted by Crippen LogP contribution is -2.17. The second kappa shape index (κ2) is 6.02. The van der Waals surface area contributed by atoms with Crippen molar-refractivity contribution in [3.05, 3.63) is 23.7 Å². The average Bonchev–Trinajstić information content (AvgIpc) is 2.93. The molecule has 1 N–H and O–H groups in total. The van der Waals surface area contributed by atoms with Gasteiger partial charge in [-0.05, 0) is 12.1 Å². The van der Waals surface area contributed by atoms with Crippen molar-refractivity contribution in [2.75, 3.05) is 25.6 Å². The van der Waals surface area contributed by atoms with Crippen LogP contribution in [-0.4, -0.2) is 34.7 Å². The van der Waals surface area contributed by atoms with Gasteiger partial charge >= 0.3 is 0 Å². The molecule has 20 heavy (non-hydrogen) atoms. The number of hydrogen-bond donors (Lipinski definition) is 1. The van der Waals surface area contributed by atoms with Gasteiger partial charge in [-0.2, -0.15) is 4.37 Å². The Morgan fingerprint density at radius 1 is 1.30 bits per heavy atom. The van der Waals surface area contributed by atoms with Gasteiger partial charge in [0.25, 0.3) is 5.88 Å². The molecule has 0 aliphatic carbocycles. The van der Waals surface area contributed by atoms with Gasteiger partial charge in [-0.1, -0.05) is 0 Å². The van der Waals surface area contributed by atoms with Crippen LogP contribution in [0.2, 0.25) is 0 Å². The molecule has 0 unspecified atom stereocenters. The van der Waals surface area contributed by atoms with Gasteiger partial charge in [-0.3, -0.25) is 0 Å². The number of aromatic nitrogens is 3. The first kappa shape index (κ1) is 13.1. The molecular weight excluding hydrogens is 280 g/mol. The Morgan fingerprint density at radius 3 is 3.10 bits per heavy atom. The fourth-order valence-corrected chi connectivity index (χ4v) is 2.32. The van der Waals surface area contributed by atoms with Crippen LogP contribution in [0, 0.1) is 0 Å². The van der Waals surface area contributed by atoms with E-state index in [1.54, 1.807) is 7.11 Å². The molecule has 2 aromatic rings. The Kier molecular flexibility index (Phi) is 3.93. The number of ether oxygens (including phenoxy) is 3. The zero-order chi connectivity index (χ0) is 13.8. The van der Waals surface area contributed by atoms with E-state index >= 15 is 0 Å². The van der Waals surface area contributed by atoms with Gasteiger partial charge in [0.2, 0.25) is 5.13 Å². The van der Waals surface area contributed by atoms with Crippen molar-refractivity contribution in [2.24, 2.45) is 0 Å². The van der Waals surface area contributed by atoms with Crippen LogP contribution >= 0.6 is 11.5 Å². The van der Waals surface area contributed by atoms with Crippen molar-refractivity contribution < 1.29 is 14.2 Å². The van der Waals surface area contributed by atoms with Gasteiger partial charge in [0.05, 0.1) is 12.2 Å². The van der Waals surface area contributed by atoms with E-state index in [0.717, 1.165) is 10.8 Å². The van der Waals surface area contributed by atoms with E-state index in [4.69, 9.17) is 14.2 Å². The zero-order valence-corrected chi connectivity index (χ0v) is 11.8. The molecular formula is C12H14N4O3S. The highest BCUT2D eigenvalue weighted by atomic mass is 32.1. The average molecular weight is 294 g/mol. The van der Waals surface area contributed by atoms with Gasteiger partial charge in [0.1, 0.15) is 19.8 Å². The van der Waals surface area contributed by atoms with E-state index < -0.39 is 0 Å². The summed E-state index contributed by atoms with van der Waals surface area (Å²) < 4.78 is 20.0. The molecule has 1 aliphatic heterocycles. The van der Waals surface area contributed by atoms with Crippen LogP contribution in [0.25, 0.3) is 0 Å². The third-order valence-electron chi connectivity index (χ3n) is 2.62. The Balaban J connectivity index is 1.62. The molecule has 0 spiro atoms. The third-order valence-corrected chi connectivity index (χ3v) is 3.34. The van der Waals surface area contributed by atoms with Crippen LogP contribution in [0.1, 0.15) is 11.5 Å². The highest BCUT2D eigenvalue weighted by Gasteiger charge is 2.13. The minimum Gasteiger partial charge on any atom is -0.484 e. The van der Waals surface area contributed by atoms with E-state index in [0.29, 0.717) is 43.8 Å². The summed E-state index contributed by atoms with van der Waals surface area (Å²) in [6, 6.07) is 3.77. The number of rotatable bonds is 5. The smallest absolute Gasteiger partial charge is 0.257 e. The Bertz CT molecular complexity index is 590. The van der Waals surface area contributed by atoms with Crippen LogP contribution in [0.5, 0.6) is 11.6 Å². The molecule has 0 saturated heterocycles. The van der Waals surface area contributed by atoms with Crippen LogP contribution in [-0.2, 0) is 17.9 Å². The summed E-state index contributed by atoms with van der Waals surface area (Å²) in [4.78, 5) is 8.68. The van der Waals surface area contributed by atoms with Crippen molar-refractivity contribution in [1.82, 2.24) is 14.3 Å². The van der Waals surface area contributed by atoms with E-state index in [1.165, 1.54) is 11.5 Å². The topological polar surface area (TPSA) is 78.4 Å². The maximum Gasteiger partial charge on any atom is 0.257 e. The van der Waals surface area contributed by atoms with Crippen LogP contribution in [0.3, 0.4) is 0 Å². The maximum atomic E-state index is 5.45. The minimum absolute atomic E-state index is 0.417. The lowest BCUT2D eigenvalue weighted by atomic mass is 10.3. The molecule has 0 fully saturated rings. The Hall–Kier alpha value is -1.93. The molecule has 0 radical (unpaired) electrons. The highest BCUT2D eigenvalue weighted by molar-refractivity contribution is 7.09. The number of pyridine rings is 1. The molecule has 0 atom stereocenters. The molecule has 106 valence electrons. The molecule has 0 aromatic carbocycles. The van der Waals surface area contributed by atoms with Crippen molar-refractivity contribution in [1.29, 1.82) is 0 Å². The lowest BCUT2D eigenvalue weighted by Gasteiger charge is -2.17. The van der Waals surface area contributed by atoms with E-state index in [2.05, 4.69) is 19.7 Å². The largest absolute Gasteiger partial charge is 0.484 e. The molecule has 0 bridgehead atoms. The van der Waals surface area contributed by atoms with Crippen LogP contribution in [0.4, 0.5) is 5.13 Å². The summed E-state index contributed by atoms with van der Waals surface area (Å²) >= 11 is 1.30. The SMILES string of the molecule is COCc1nsc(NCc2ccc3c(n2)OCCO3)n1. The minimum atomic E-state index is 0.417. The summed E-state index contributed by atoms with van der Waals surface area (Å²) in [5.41, 5.74) is 0.859. The normalized spacial score (nSPS) is 13.2. The molecule has 1 aliphatic rings. The molecule has 7 nitrogen and oxygen atoms in total. The standard InChI is InChI=1S/C12H14N4O3S/c1-17-7-10-15-12(20-16-10)13-6-8-2-3-9-11(14-8)19-5-4-18-9/h2-3H,4-7H2,1H3,(H,13,15,16). The van der Waals surface area contributed by atoms with Gasteiger partial charge in [0.15, 0.2) is 11.6 Å². The highest BCUT2D eigenvalue weighted by Crippen LogP contribution is 2.27. The number of fused-ring (bicyclic) bond motifs is 1.